The number of carbonyl (C=O) groups is 1. The van der Waals surface area contributed by atoms with E-state index in [9.17, 15) is 18.0 Å². The molecule has 140 valence electrons. The zero-order chi connectivity index (χ0) is 18.7. The number of hydrogen-bond donors (Lipinski definition) is 1. The first-order chi connectivity index (χ1) is 12.3. The van der Waals surface area contributed by atoms with Crippen LogP contribution in [-0.4, -0.2) is 59.8 Å². The molecule has 1 fully saturated rings. The monoisotopic (exact) mass is 403 g/mol. The van der Waals surface area contributed by atoms with E-state index < -0.39 is 11.9 Å². The number of quaternary nitrogens is 1. The fraction of sp³-hybridized carbons (Fsp3) is 0.438. The summed E-state index contributed by atoms with van der Waals surface area (Å²) < 4.78 is 39.4. The maximum atomic E-state index is 13.1. The predicted octanol–water partition coefficient (Wildman–Crippen LogP) is 1.67. The van der Waals surface area contributed by atoms with Crippen LogP contribution in [0.3, 0.4) is 0 Å². The van der Waals surface area contributed by atoms with Gasteiger partial charge in [-0.25, -0.2) is 9.97 Å². The number of halogens is 3. The van der Waals surface area contributed by atoms with Crippen LogP contribution in [0, 0.1) is 0 Å². The van der Waals surface area contributed by atoms with Crippen molar-refractivity contribution in [3.8, 4) is 10.6 Å². The van der Waals surface area contributed by atoms with Gasteiger partial charge in [0.15, 0.2) is 5.16 Å². The van der Waals surface area contributed by atoms with Gasteiger partial charge >= 0.3 is 6.18 Å². The van der Waals surface area contributed by atoms with Gasteiger partial charge < -0.3 is 9.80 Å². The lowest BCUT2D eigenvalue weighted by Crippen LogP contribution is -3.12. The van der Waals surface area contributed by atoms with Gasteiger partial charge in [0.2, 0.25) is 5.91 Å². The minimum Gasteiger partial charge on any atom is -0.334 e. The number of amides is 1. The lowest BCUT2D eigenvalue weighted by molar-refractivity contribution is -0.883. The van der Waals surface area contributed by atoms with E-state index in [4.69, 9.17) is 0 Å². The van der Waals surface area contributed by atoms with Crippen molar-refractivity contribution in [2.45, 2.75) is 11.3 Å². The van der Waals surface area contributed by atoms with Crippen LogP contribution >= 0.6 is 23.1 Å². The van der Waals surface area contributed by atoms with Crippen LogP contribution in [0.15, 0.2) is 28.7 Å². The van der Waals surface area contributed by atoms with Gasteiger partial charge in [-0.1, -0.05) is 17.8 Å². The van der Waals surface area contributed by atoms with Gasteiger partial charge in [0.25, 0.3) is 0 Å². The smallest absolute Gasteiger partial charge is 0.334 e. The third kappa shape index (κ3) is 4.74. The second-order valence-electron chi connectivity index (χ2n) is 6.02. The predicted molar refractivity (Wildman–Crippen MR) is 94.3 cm³/mol. The van der Waals surface area contributed by atoms with Gasteiger partial charge in [-0.3, -0.25) is 4.79 Å². The molecule has 1 aliphatic rings. The maximum absolute atomic E-state index is 13.1. The number of hydrogen-bond acceptors (Lipinski definition) is 5. The molecule has 1 N–H and O–H groups in total. The van der Waals surface area contributed by atoms with Gasteiger partial charge in [-0.05, 0) is 17.5 Å². The molecule has 2 aromatic rings. The summed E-state index contributed by atoms with van der Waals surface area (Å²) in [4.78, 5) is 23.8. The lowest BCUT2D eigenvalue weighted by Gasteiger charge is -2.29. The highest BCUT2D eigenvalue weighted by Crippen LogP contribution is 2.33. The van der Waals surface area contributed by atoms with E-state index in [2.05, 4.69) is 17.0 Å². The molecule has 1 amide bonds. The molecule has 3 rings (SSSR count). The summed E-state index contributed by atoms with van der Waals surface area (Å²) in [5, 5.41) is 1.74. The van der Waals surface area contributed by atoms with E-state index in [1.807, 2.05) is 0 Å². The molecular weight excluding hydrogens is 385 g/mol. The highest BCUT2D eigenvalue weighted by atomic mass is 32.2. The molecule has 0 spiro atoms. The van der Waals surface area contributed by atoms with Gasteiger partial charge in [0, 0.05) is 0 Å². The second kappa shape index (κ2) is 7.93. The third-order valence-electron chi connectivity index (χ3n) is 4.06. The molecule has 0 aromatic carbocycles. The molecule has 0 unspecified atom stereocenters. The number of aromatic nitrogens is 2. The van der Waals surface area contributed by atoms with Gasteiger partial charge in [0.1, 0.15) is 5.69 Å². The number of piperazine rings is 1. The van der Waals surface area contributed by atoms with Crippen molar-refractivity contribution in [3.63, 3.8) is 0 Å². The van der Waals surface area contributed by atoms with E-state index in [0.717, 1.165) is 30.9 Å². The van der Waals surface area contributed by atoms with Crippen LogP contribution in [0.5, 0.6) is 0 Å². The lowest BCUT2D eigenvalue weighted by atomic mass is 10.3. The number of alkyl halides is 3. The summed E-state index contributed by atoms with van der Waals surface area (Å²) in [6.45, 7) is 3.07. The van der Waals surface area contributed by atoms with E-state index in [-0.39, 0.29) is 22.5 Å². The summed E-state index contributed by atoms with van der Waals surface area (Å²) >= 11 is 2.26. The van der Waals surface area contributed by atoms with Crippen LogP contribution in [-0.2, 0) is 11.0 Å². The zero-order valence-electron chi connectivity index (χ0n) is 14.0. The normalized spacial score (nSPS) is 16.1. The first kappa shape index (κ1) is 19.1. The third-order valence-corrected chi connectivity index (χ3v) is 5.79. The summed E-state index contributed by atoms with van der Waals surface area (Å²) in [5.41, 5.74) is -0.769. The second-order valence-corrected chi connectivity index (χ2v) is 7.91. The molecule has 0 aliphatic carbocycles. The average molecular weight is 403 g/mol. The van der Waals surface area contributed by atoms with Crippen molar-refractivity contribution in [1.82, 2.24) is 14.9 Å². The first-order valence-electron chi connectivity index (χ1n) is 8.05. The highest BCUT2D eigenvalue weighted by molar-refractivity contribution is 7.99. The zero-order valence-corrected chi connectivity index (χ0v) is 15.7. The van der Waals surface area contributed by atoms with Crippen LogP contribution in [0.25, 0.3) is 10.6 Å². The van der Waals surface area contributed by atoms with Crippen LogP contribution < -0.4 is 4.90 Å². The Bertz CT molecular complexity index is 759. The van der Waals surface area contributed by atoms with E-state index in [0.29, 0.717) is 18.0 Å². The number of rotatable bonds is 4. The largest absolute Gasteiger partial charge is 0.433 e. The van der Waals surface area contributed by atoms with E-state index in [1.165, 1.54) is 16.2 Å². The van der Waals surface area contributed by atoms with Crippen molar-refractivity contribution < 1.29 is 22.9 Å². The Morgan fingerprint density at radius 3 is 2.69 bits per heavy atom. The molecule has 26 heavy (non-hydrogen) atoms. The van der Waals surface area contributed by atoms with Gasteiger partial charge in [-0.2, -0.15) is 13.2 Å². The van der Waals surface area contributed by atoms with Crippen LogP contribution in [0.1, 0.15) is 5.69 Å². The summed E-state index contributed by atoms with van der Waals surface area (Å²) in [6, 6.07) is 4.40. The minimum absolute atomic E-state index is 0.0312. The molecule has 5 nitrogen and oxygen atoms in total. The van der Waals surface area contributed by atoms with Crippen molar-refractivity contribution in [3.05, 3.63) is 29.3 Å². The standard InChI is InChI=1S/C16H17F3N4OS2/c1-22-4-6-23(7-5-22)14(24)10-26-15-20-11(12-3-2-8-25-12)9-13(21-15)16(17,18)19/h2-3,8-9H,4-7,10H2,1H3/p+1. The van der Waals surface area contributed by atoms with Gasteiger partial charge in [-0.15, -0.1) is 11.3 Å². The quantitative estimate of drug-likeness (QED) is 0.623. The summed E-state index contributed by atoms with van der Waals surface area (Å²) in [6.07, 6.45) is -4.56. The van der Waals surface area contributed by atoms with E-state index in [1.54, 1.807) is 22.4 Å². The fourth-order valence-electron chi connectivity index (χ4n) is 2.54. The number of likely N-dealkylation sites (N-methyl/N-ethyl adjacent to an activating group) is 1. The van der Waals surface area contributed by atoms with Crippen LogP contribution in [0.4, 0.5) is 13.2 Å². The Kier molecular flexibility index (Phi) is 5.83. The average Bonchev–Trinajstić information content (AvgIpc) is 3.14. The summed E-state index contributed by atoms with van der Waals surface area (Å²) in [5.74, 6) is -0.0641. The maximum Gasteiger partial charge on any atom is 0.433 e. The number of thioether (sulfide) groups is 1. The number of nitrogens with one attached hydrogen (secondary N) is 1. The van der Waals surface area contributed by atoms with E-state index >= 15 is 0 Å². The molecule has 0 saturated carbocycles. The van der Waals surface area contributed by atoms with Gasteiger partial charge in [0.05, 0.1) is 49.6 Å². The molecular formula is C16H18F3N4OS2+. The van der Waals surface area contributed by atoms with Crippen LogP contribution in [0.2, 0.25) is 0 Å². The molecule has 0 bridgehead atoms. The molecule has 1 aliphatic heterocycles. The Balaban J connectivity index is 1.74. The molecule has 1 saturated heterocycles. The number of nitrogens with zero attached hydrogens (tertiary/aromatic N) is 3. The SMILES string of the molecule is C[NH+]1CCN(C(=O)CSc2nc(-c3cccs3)cc(C(F)(F)F)n2)CC1. The number of thiophene rings is 1. The Morgan fingerprint density at radius 2 is 2.08 bits per heavy atom. The Labute approximate surface area is 157 Å². The molecule has 10 heteroatoms. The first-order valence-corrected chi connectivity index (χ1v) is 9.91. The number of carbonyl (C=O) groups excluding carboxylic acids is 1. The van der Waals surface area contributed by atoms with Crippen molar-refractivity contribution in [1.29, 1.82) is 0 Å². The van der Waals surface area contributed by atoms with Crippen molar-refractivity contribution >= 4 is 29.0 Å². The van der Waals surface area contributed by atoms with Crippen molar-refractivity contribution in [2.75, 3.05) is 39.0 Å². The Hall–Kier alpha value is -1.65. The molecule has 0 atom stereocenters. The molecule has 2 aromatic heterocycles. The molecule has 0 radical (unpaired) electrons. The highest BCUT2D eigenvalue weighted by Gasteiger charge is 2.34. The minimum atomic E-state index is -4.56. The molecule has 3 heterocycles. The topological polar surface area (TPSA) is 50.5 Å². The summed E-state index contributed by atoms with van der Waals surface area (Å²) in [7, 11) is 2.07. The fourth-order valence-corrected chi connectivity index (χ4v) is 3.99. The van der Waals surface area contributed by atoms with Crippen molar-refractivity contribution in [2.24, 2.45) is 0 Å². The Morgan fingerprint density at radius 1 is 1.35 bits per heavy atom.